The lowest BCUT2D eigenvalue weighted by atomic mass is 9.87. The molecule has 1 amide bonds. The number of aliphatic carboxylic acids is 1. The fourth-order valence-electron chi connectivity index (χ4n) is 4.11. The summed E-state index contributed by atoms with van der Waals surface area (Å²) in [4.78, 5) is 50.5. The van der Waals surface area contributed by atoms with Crippen molar-refractivity contribution in [3.05, 3.63) is 64.3 Å². The molecule has 2 aromatic carbocycles. The van der Waals surface area contributed by atoms with Crippen molar-refractivity contribution >= 4 is 46.1 Å². The number of fused-ring (bicyclic) bond motifs is 1. The minimum atomic E-state index is -1.21. The average Bonchev–Trinajstić information content (AvgIpc) is 3.10. The third-order valence-electron chi connectivity index (χ3n) is 6.30. The summed E-state index contributed by atoms with van der Waals surface area (Å²) in [6.07, 6.45) is -0.139. The molecule has 2 N–H and O–H groups in total. The molecular formula is C28H31ClN2O6. The zero-order valence-electron chi connectivity index (χ0n) is 21.6. The number of rotatable bonds is 9. The van der Waals surface area contributed by atoms with E-state index in [2.05, 4.69) is 5.32 Å². The summed E-state index contributed by atoms with van der Waals surface area (Å²) in [7, 11) is 1.52. The van der Waals surface area contributed by atoms with Crippen LogP contribution in [0.4, 0.5) is 0 Å². The number of carbonyl (C=O) groups is 4. The van der Waals surface area contributed by atoms with Gasteiger partial charge in [-0.3, -0.25) is 19.0 Å². The van der Waals surface area contributed by atoms with Gasteiger partial charge in [0, 0.05) is 33.5 Å². The summed E-state index contributed by atoms with van der Waals surface area (Å²) < 4.78 is 6.87. The van der Waals surface area contributed by atoms with E-state index in [0.717, 1.165) is 0 Å². The second kappa shape index (κ2) is 11.2. The zero-order chi connectivity index (χ0) is 27.5. The Morgan fingerprint density at radius 1 is 1.08 bits per heavy atom. The molecule has 1 aromatic heterocycles. The lowest BCUT2D eigenvalue weighted by Gasteiger charge is -2.19. The number of nitrogens with one attached hydrogen (secondary N) is 1. The summed E-state index contributed by atoms with van der Waals surface area (Å²) in [6.45, 7) is 7.03. The van der Waals surface area contributed by atoms with Gasteiger partial charge in [-0.05, 0) is 61.4 Å². The van der Waals surface area contributed by atoms with Gasteiger partial charge in [0.15, 0.2) is 0 Å². The molecule has 1 atom stereocenters. The Balaban J connectivity index is 1.93. The molecule has 1 heterocycles. The first-order valence-corrected chi connectivity index (χ1v) is 12.2. The quantitative estimate of drug-likeness (QED) is 0.413. The normalized spacial score (nSPS) is 12.3. The first kappa shape index (κ1) is 27.9. The van der Waals surface area contributed by atoms with Crippen LogP contribution in [0.2, 0.25) is 5.02 Å². The van der Waals surface area contributed by atoms with Crippen LogP contribution in [0.3, 0.4) is 0 Å². The van der Waals surface area contributed by atoms with Crippen LogP contribution in [0.25, 0.3) is 10.9 Å². The Hall–Kier alpha value is -3.65. The summed E-state index contributed by atoms with van der Waals surface area (Å²) >= 11 is 5.97. The Kier molecular flexibility index (Phi) is 8.43. The van der Waals surface area contributed by atoms with Crippen molar-refractivity contribution in [2.45, 2.75) is 53.0 Å². The first-order valence-electron chi connectivity index (χ1n) is 11.9. The molecule has 8 nitrogen and oxygen atoms in total. The summed E-state index contributed by atoms with van der Waals surface area (Å²) in [5, 5.41) is 13.3. The van der Waals surface area contributed by atoms with E-state index in [9.17, 15) is 24.3 Å². The molecular weight excluding hydrogens is 496 g/mol. The van der Waals surface area contributed by atoms with Crippen molar-refractivity contribution in [3.63, 3.8) is 0 Å². The average molecular weight is 527 g/mol. The Bertz CT molecular complexity index is 1350. The third-order valence-corrected chi connectivity index (χ3v) is 6.56. The van der Waals surface area contributed by atoms with Gasteiger partial charge in [-0.2, -0.15) is 0 Å². The Labute approximate surface area is 220 Å². The topological polar surface area (TPSA) is 115 Å². The number of methoxy groups -OCH3 is 1. The maximum atomic E-state index is 13.4. The number of ether oxygens (including phenoxy) is 1. The van der Waals surface area contributed by atoms with Gasteiger partial charge >= 0.3 is 5.97 Å². The number of hydrogen-bond donors (Lipinski definition) is 2. The molecule has 196 valence electrons. The summed E-state index contributed by atoms with van der Waals surface area (Å²) in [6, 6.07) is 10.5. The van der Waals surface area contributed by atoms with Crippen LogP contribution in [-0.2, 0) is 20.8 Å². The van der Waals surface area contributed by atoms with Crippen molar-refractivity contribution in [1.29, 1.82) is 0 Å². The smallest absolute Gasteiger partial charge is 0.326 e. The summed E-state index contributed by atoms with van der Waals surface area (Å²) in [5.41, 5.74) is 1.54. The fraction of sp³-hybridized carbons (Fsp3) is 0.357. The highest BCUT2D eigenvalue weighted by Crippen LogP contribution is 2.31. The molecule has 0 saturated carbocycles. The number of aromatic nitrogens is 1. The van der Waals surface area contributed by atoms with E-state index >= 15 is 0 Å². The molecule has 0 radical (unpaired) electrons. The number of carbonyl (C=O) groups excluding carboxylic acids is 3. The molecule has 3 rings (SSSR count). The molecule has 0 aliphatic rings. The van der Waals surface area contributed by atoms with E-state index < -0.39 is 23.3 Å². The number of carboxylic acids is 1. The molecule has 0 saturated heterocycles. The van der Waals surface area contributed by atoms with Crippen molar-refractivity contribution in [2.24, 2.45) is 5.41 Å². The first-order chi connectivity index (χ1) is 17.3. The molecule has 37 heavy (non-hydrogen) atoms. The molecule has 0 fully saturated rings. The lowest BCUT2D eigenvalue weighted by Crippen LogP contribution is -2.42. The summed E-state index contributed by atoms with van der Waals surface area (Å²) in [5.74, 6) is -1.57. The minimum Gasteiger partial charge on any atom is -0.497 e. The molecule has 0 aliphatic carbocycles. The SMILES string of the molecule is COc1ccc2c(c1)c(CC(=O)N[C@@H](CCC(=O)C(C)(C)C)C(=O)O)c(C)n2C(=O)c1ccc(Cl)cc1. The highest BCUT2D eigenvalue weighted by atomic mass is 35.5. The maximum Gasteiger partial charge on any atom is 0.326 e. The molecule has 0 spiro atoms. The van der Waals surface area contributed by atoms with Crippen molar-refractivity contribution in [2.75, 3.05) is 7.11 Å². The van der Waals surface area contributed by atoms with Gasteiger partial charge in [-0.1, -0.05) is 32.4 Å². The Morgan fingerprint density at radius 2 is 1.73 bits per heavy atom. The van der Waals surface area contributed by atoms with Gasteiger partial charge in [0.1, 0.15) is 17.6 Å². The van der Waals surface area contributed by atoms with Crippen LogP contribution >= 0.6 is 11.6 Å². The third kappa shape index (κ3) is 6.38. The van der Waals surface area contributed by atoms with E-state index in [1.165, 1.54) is 11.7 Å². The molecule has 3 aromatic rings. The van der Waals surface area contributed by atoms with Crippen LogP contribution in [0, 0.1) is 12.3 Å². The van der Waals surface area contributed by atoms with E-state index in [-0.39, 0.29) is 31.0 Å². The van der Waals surface area contributed by atoms with Crippen LogP contribution < -0.4 is 10.1 Å². The van der Waals surface area contributed by atoms with Gasteiger partial charge in [0.25, 0.3) is 5.91 Å². The number of ketones is 1. The second-order valence-electron chi connectivity index (χ2n) is 9.94. The van der Waals surface area contributed by atoms with E-state index in [0.29, 0.717) is 38.5 Å². The van der Waals surface area contributed by atoms with Crippen molar-refractivity contribution in [1.82, 2.24) is 9.88 Å². The predicted octanol–water partition coefficient (Wildman–Crippen LogP) is 4.81. The molecule has 9 heteroatoms. The highest BCUT2D eigenvalue weighted by molar-refractivity contribution is 6.30. The van der Waals surface area contributed by atoms with Gasteiger partial charge in [-0.25, -0.2) is 4.79 Å². The van der Waals surface area contributed by atoms with Gasteiger partial charge in [0.2, 0.25) is 5.91 Å². The van der Waals surface area contributed by atoms with Crippen molar-refractivity contribution < 1.29 is 29.0 Å². The number of nitrogens with zero attached hydrogens (tertiary/aromatic N) is 1. The maximum absolute atomic E-state index is 13.4. The molecule has 0 unspecified atom stereocenters. The van der Waals surface area contributed by atoms with Crippen LogP contribution in [0.1, 0.15) is 55.2 Å². The number of carboxylic acid groups (broad SMARTS) is 1. The van der Waals surface area contributed by atoms with Gasteiger partial charge < -0.3 is 15.2 Å². The lowest BCUT2D eigenvalue weighted by molar-refractivity contribution is -0.142. The standard InChI is InChI=1S/C28H31ClN2O6/c1-16-20(15-25(33)30-22(27(35)36)11-13-24(32)28(2,3)4)21-14-19(37-5)10-12-23(21)31(16)26(34)17-6-8-18(29)9-7-17/h6-10,12,14,22H,11,13,15H2,1-5H3,(H,30,33)(H,35,36)/t22-/m0/s1. The number of Topliss-reactive ketones (excluding diaryl/α,β-unsaturated/α-hetero) is 1. The number of benzene rings is 2. The monoisotopic (exact) mass is 526 g/mol. The van der Waals surface area contributed by atoms with Crippen LogP contribution in [0.5, 0.6) is 5.75 Å². The van der Waals surface area contributed by atoms with Gasteiger partial charge in [-0.15, -0.1) is 0 Å². The van der Waals surface area contributed by atoms with Crippen LogP contribution in [-0.4, -0.2) is 46.4 Å². The van der Waals surface area contributed by atoms with Crippen molar-refractivity contribution in [3.8, 4) is 5.75 Å². The van der Waals surface area contributed by atoms with E-state index in [1.54, 1.807) is 70.2 Å². The number of hydrogen-bond acceptors (Lipinski definition) is 5. The van der Waals surface area contributed by atoms with Crippen LogP contribution in [0.15, 0.2) is 42.5 Å². The minimum absolute atomic E-state index is 0.0131. The van der Waals surface area contributed by atoms with E-state index in [4.69, 9.17) is 16.3 Å². The molecule has 0 bridgehead atoms. The second-order valence-corrected chi connectivity index (χ2v) is 10.4. The number of amides is 1. The fourth-order valence-corrected chi connectivity index (χ4v) is 4.24. The predicted molar refractivity (Wildman–Crippen MR) is 141 cm³/mol. The number of halogens is 1. The largest absolute Gasteiger partial charge is 0.497 e. The van der Waals surface area contributed by atoms with Gasteiger partial charge in [0.05, 0.1) is 19.0 Å². The Morgan fingerprint density at radius 3 is 2.30 bits per heavy atom. The zero-order valence-corrected chi connectivity index (χ0v) is 22.3. The molecule has 0 aliphatic heterocycles. The highest BCUT2D eigenvalue weighted by Gasteiger charge is 2.27. The van der Waals surface area contributed by atoms with E-state index in [1.807, 2.05) is 0 Å².